The zero-order valence-electron chi connectivity index (χ0n) is 13.0. The number of rotatable bonds is 5. The van der Waals surface area contributed by atoms with Crippen LogP contribution in [0.5, 0.6) is 0 Å². The number of aromatic nitrogens is 1. The van der Waals surface area contributed by atoms with Gasteiger partial charge in [-0.1, -0.05) is 18.2 Å². The van der Waals surface area contributed by atoms with Crippen molar-refractivity contribution in [3.05, 3.63) is 41.8 Å². The molecule has 0 bridgehead atoms. The zero-order valence-corrected chi connectivity index (χ0v) is 13.0. The molecule has 0 aliphatic carbocycles. The van der Waals surface area contributed by atoms with Gasteiger partial charge in [0.25, 0.3) is 0 Å². The average molecular weight is 301 g/mol. The van der Waals surface area contributed by atoms with Crippen molar-refractivity contribution in [3.8, 4) is 11.5 Å². The van der Waals surface area contributed by atoms with Crippen LogP contribution in [0.3, 0.4) is 0 Å². The molecule has 1 N–H and O–H groups in total. The lowest BCUT2D eigenvalue weighted by atomic mass is 10.2. The monoisotopic (exact) mass is 301 g/mol. The number of piperazine rings is 1. The van der Waals surface area contributed by atoms with E-state index in [-0.39, 0.29) is 6.61 Å². The van der Waals surface area contributed by atoms with Crippen molar-refractivity contribution in [2.24, 2.45) is 0 Å². The van der Waals surface area contributed by atoms with Crippen LogP contribution in [0.15, 0.2) is 34.7 Å². The maximum Gasteiger partial charge on any atom is 0.226 e. The minimum absolute atomic E-state index is 0.238. The van der Waals surface area contributed by atoms with Crippen molar-refractivity contribution < 1.29 is 9.52 Å². The van der Waals surface area contributed by atoms with Gasteiger partial charge in [0.2, 0.25) is 5.89 Å². The lowest BCUT2D eigenvalue weighted by Gasteiger charge is -2.33. The largest absolute Gasteiger partial charge is 0.440 e. The summed E-state index contributed by atoms with van der Waals surface area (Å²) in [5.41, 5.74) is 1.99. The first-order valence-corrected chi connectivity index (χ1v) is 7.83. The second kappa shape index (κ2) is 7.05. The first-order chi connectivity index (χ1) is 10.8. The number of aliphatic hydroxyl groups is 1. The first-order valence-electron chi connectivity index (χ1n) is 7.83. The van der Waals surface area contributed by atoms with Crippen LogP contribution >= 0.6 is 0 Å². The summed E-state index contributed by atoms with van der Waals surface area (Å²) >= 11 is 0. The molecule has 0 radical (unpaired) electrons. The predicted octanol–water partition coefficient (Wildman–Crippen LogP) is 1.76. The second-order valence-corrected chi connectivity index (χ2v) is 5.74. The highest BCUT2D eigenvalue weighted by molar-refractivity contribution is 5.53. The van der Waals surface area contributed by atoms with Crippen molar-refractivity contribution in [3.63, 3.8) is 0 Å². The molecule has 5 heteroatoms. The van der Waals surface area contributed by atoms with E-state index in [1.54, 1.807) is 0 Å². The molecule has 1 aliphatic rings. The molecule has 5 nitrogen and oxygen atoms in total. The summed E-state index contributed by atoms with van der Waals surface area (Å²) in [7, 11) is 0. The fourth-order valence-corrected chi connectivity index (χ4v) is 2.79. The number of oxazole rings is 1. The van der Waals surface area contributed by atoms with Crippen LogP contribution in [-0.4, -0.2) is 59.2 Å². The van der Waals surface area contributed by atoms with E-state index in [2.05, 4.69) is 14.8 Å². The van der Waals surface area contributed by atoms with Gasteiger partial charge in [-0.2, -0.15) is 0 Å². The van der Waals surface area contributed by atoms with Gasteiger partial charge in [-0.25, -0.2) is 4.98 Å². The van der Waals surface area contributed by atoms with Crippen LogP contribution in [0, 0.1) is 6.92 Å². The number of aryl methyl sites for hydroxylation is 1. The molecule has 2 heterocycles. The molecule has 1 aliphatic heterocycles. The van der Waals surface area contributed by atoms with Crippen molar-refractivity contribution in [1.29, 1.82) is 0 Å². The molecule has 1 fully saturated rings. The highest BCUT2D eigenvalue weighted by atomic mass is 16.4. The van der Waals surface area contributed by atoms with Crippen LogP contribution in [0.2, 0.25) is 0 Å². The summed E-state index contributed by atoms with van der Waals surface area (Å²) in [4.78, 5) is 9.23. The number of β-amino-alcohol motifs (C(OH)–C–C–N with tert-alkyl or cyclic N) is 1. The lowest BCUT2D eigenvalue weighted by Crippen LogP contribution is -2.46. The molecular weight excluding hydrogens is 278 g/mol. The molecule has 0 saturated carbocycles. The fraction of sp³-hybridized carbons (Fsp3) is 0.471. The van der Waals surface area contributed by atoms with Crippen molar-refractivity contribution in [2.45, 2.75) is 13.5 Å². The van der Waals surface area contributed by atoms with Gasteiger partial charge >= 0.3 is 0 Å². The van der Waals surface area contributed by atoms with Gasteiger partial charge in [-0.15, -0.1) is 0 Å². The standard InChI is InChI=1S/C17H23N3O2/c1-14-16(13-20-9-7-19(8-10-20)11-12-21)22-17(18-14)15-5-3-2-4-6-15/h2-6,21H,7-13H2,1H3. The van der Waals surface area contributed by atoms with Gasteiger partial charge in [0.15, 0.2) is 0 Å². The third kappa shape index (κ3) is 3.55. The smallest absolute Gasteiger partial charge is 0.226 e. The van der Waals surface area contributed by atoms with Crippen molar-refractivity contribution in [2.75, 3.05) is 39.3 Å². The molecule has 118 valence electrons. The normalized spacial score (nSPS) is 17.0. The van der Waals surface area contributed by atoms with Gasteiger partial charge in [-0.05, 0) is 19.1 Å². The molecular formula is C17H23N3O2. The van der Waals surface area contributed by atoms with Crippen LogP contribution in [0.4, 0.5) is 0 Å². The maximum absolute atomic E-state index is 8.99. The Morgan fingerprint density at radius 2 is 1.77 bits per heavy atom. The Hall–Kier alpha value is -1.69. The van der Waals surface area contributed by atoms with Gasteiger partial charge in [-0.3, -0.25) is 9.80 Å². The van der Waals surface area contributed by atoms with Crippen LogP contribution in [-0.2, 0) is 6.54 Å². The summed E-state index contributed by atoms with van der Waals surface area (Å²) in [6.45, 7) is 7.82. The molecule has 0 amide bonds. The van der Waals surface area contributed by atoms with E-state index in [9.17, 15) is 0 Å². The minimum Gasteiger partial charge on any atom is -0.440 e. The third-order valence-electron chi connectivity index (χ3n) is 4.16. The van der Waals surface area contributed by atoms with E-state index in [1.165, 1.54) is 0 Å². The Balaban J connectivity index is 1.63. The summed E-state index contributed by atoms with van der Waals surface area (Å²) in [5.74, 6) is 1.65. The number of aliphatic hydroxyl groups excluding tert-OH is 1. The number of benzene rings is 1. The highest BCUT2D eigenvalue weighted by Crippen LogP contribution is 2.22. The summed E-state index contributed by atoms with van der Waals surface area (Å²) in [6.07, 6.45) is 0. The van der Waals surface area contributed by atoms with E-state index in [4.69, 9.17) is 9.52 Å². The molecule has 1 saturated heterocycles. The summed E-state index contributed by atoms with van der Waals surface area (Å²) in [6, 6.07) is 10.0. The molecule has 2 aromatic rings. The third-order valence-corrected chi connectivity index (χ3v) is 4.16. The van der Waals surface area contributed by atoms with Gasteiger partial charge in [0.05, 0.1) is 18.8 Å². The van der Waals surface area contributed by atoms with E-state index in [0.29, 0.717) is 5.89 Å². The Morgan fingerprint density at radius 1 is 1.09 bits per heavy atom. The van der Waals surface area contributed by atoms with E-state index in [0.717, 1.165) is 56.3 Å². The van der Waals surface area contributed by atoms with E-state index < -0.39 is 0 Å². The topological polar surface area (TPSA) is 52.7 Å². The molecule has 22 heavy (non-hydrogen) atoms. The molecule has 3 rings (SSSR count). The van der Waals surface area contributed by atoms with Gasteiger partial charge in [0, 0.05) is 38.3 Å². The second-order valence-electron chi connectivity index (χ2n) is 5.74. The highest BCUT2D eigenvalue weighted by Gasteiger charge is 2.19. The van der Waals surface area contributed by atoms with Gasteiger partial charge in [0.1, 0.15) is 5.76 Å². The Morgan fingerprint density at radius 3 is 2.45 bits per heavy atom. The van der Waals surface area contributed by atoms with Crippen LogP contribution in [0.1, 0.15) is 11.5 Å². The minimum atomic E-state index is 0.238. The van der Waals surface area contributed by atoms with Crippen molar-refractivity contribution in [1.82, 2.24) is 14.8 Å². The SMILES string of the molecule is Cc1nc(-c2ccccc2)oc1CN1CCN(CCO)CC1. The molecule has 0 atom stereocenters. The fourth-order valence-electron chi connectivity index (χ4n) is 2.79. The van der Waals surface area contributed by atoms with E-state index in [1.807, 2.05) is 37.3 Å². The summed E-state index contributed by atoms with van der Waals surface area (Å²) < 4.78 is 5.97. The quantitative estimate of drug-likeness (QED) is 0.912. The summed E-state index contributed by atoms with van der Waals surface area (Å²) in [5, 5.41) is 8.99. The number of hydrogen-bond donors (Lipinski definition) is 1. The zero-order chi connectivity index (χ0) is 15.4. The number of hydrogen-bond acceptors (Lipinski definition) is 5. The maximum atomic E-state index is 8.99. The number of nitrogens with zero attached hydrogens (tertiary/aromatic N) is 3. The van der Waals surface area contributed by atoms with E-state index >= 15 is 0 Å². The Kier molecular flexibility index (Phi) is 4.87. The van der Waals surface area contributed by atoms with Crippen LogP contribution < -0.4 is 0 Å². The first kappa shape index (κ1) is 15.2. The van der Waals surface area contributed by atoms with Gasteiger partial charge < -0.3 is 9.52 Å². The molecule has 0 spiro atoms. The predicted molar refractivity (Wildman–Crippen MR) is 85.5 cm³/mol. The van der Waals surface area contributed by atoms with Crippen molar-refractivity contribution >= 4 is 0 Å². The average Bonchev–Trinajstić information content (AvgIpc) is 2.91. The molecule has 1 aromatic carbocycles. The Bertz CT molecular complexity index is 589. The molecule has 1 aromatic heterocycles. The molecule has 0 unspecified atom stereocenters. The Labute approximate surface area is 131 Å². The van der Waals surface area contributed by atoms with Crippen LogP contribution in [0.25, 0.3) is 11.5 Å². The lowest BCUT2D eigenvalue weighted by molar-refractivity contribution is 0.104.